The van der Waals surface area contributed by atoms with Crippen molar-refractivity contribution in [2.45, 2.75) is 20.3 Å². The molecule has 0 heterocycles. The Labute approximate surface area is 158 Å². The van der Waals surface area contributed by atoms with Gasteiger partial charge in [-0.1, -0.05) is 112 Å². The van der Waals surface area contributed by atoms with Crippen molar-refractivity contribution in [3.05, 3.63) is 113 Å². The molecular formula is C25H24Si. The first kappa shape index (κ1) is 16.8. The highest BCUT2D eigenvalue weighted by Crippen LogP contribution is 2.34. The van der Waals surface area contributed by atoms with Gasteiger partial charge in [0.15, 0.2) is 0 Å². The average molecular weight is 353 g/mol. The lowest BCUT2D eigenvalue weighted by molar-refractivity contribution is 1.38. The zero-order valence-corrected chi connectivity index (χ0v) is 16.6. The summed E-state index contributed by atoms with van der Waals surface area (Å²) in [7, 11) is -1.43. The Balaban J connectivity index is 1.78. The molecule has 0 fully saturated rings. The molecule has 0 unspecified atom stereocenters. The second-order valence-electron chi connectivity index (χ2n) is 7.09. The molecule has 0 amide bonds. The van der Waals surface area contributed by atoms with Crippen molar-refractivity contribution in [3.8, 4) is 0 Å². The third-order valence-electron chi connectivity index (χ3n) is 5.39. The molecule has 0 radical (unpaired) electrons. The number of rotatable bonds is 4. The van der Waals surface area contributed by atoms with E-state index >= 15 is 0 Å². The molecule has 0 spiro atoms. The van der Waals surface area contributed by atoms with E-state index in [4.69, 9.17) is 0 Å². The van der Waals surface area contributed by atoms with E-state index in [-0.39, 0.29) is 0 Å². The Bertz CT molecular complexity index is 909. The monoisotopic (exact) mass is 352 g/mol. The molecule has 3 aromatic carbocycles. The van der Waals surface area contributed by atoms with E-state index in [2.05, 4.69) is 105 Å². The standard InChI is InChI=1S/C25H24Si/c1-19-13-15-21(16-14-19)24-17-18-25(20(24)2)26(22-9-5-3-6-10-22)23-11-7-4-8-12-23/h3-16,18,26H,17H2,1-2H3. The van der Waals surface area contributed by atoms with Crippen LogP contribution in [-0.4, -0.2) is 8.80 Å². The first-order valence-electron chi connectivity index (χ1n) is 9.31. The van der Waals surface area contributed by atoms with Gasteiger partial charge in [0.25, 0.3) is 0 Å². The number of hydrogen-bond donors (Lipinski definition) is 0. The Hall–Kier alpha value is -2.64. The van der Waals surface area contributed by atoms with Gasteiger partial charge >= 0.3 is 0 Å². The van der Waals surface area contributed by atoms with Crippen LogP contribution in [0.3, 0.4) is 0 Å². The third-order valence-corrected chi connectivity index (χ3v) is 8.78. The largest absolute Gasteiger partial charge is 0.132 e. The molecule has 0 atom stereocenters. The Morgan fingerprint density at radius 1 is 0.654 bits per heavy atom. The van der Waals surface area contributed by atoms with Crippen molar-refractivity contribution in [2.75, 3.05) is 0 Å². The number of aryl methyl sites for hydroxylation is 1. The second kappa shape index (κ2) is 7.31. The molecule has 0 saturated carbocycles. The molecule has 1 aliphatic rings. The number of benzene rings is 3. The smallest absolute Gasteiger partial charge is 0.0801 e. The summed E-state index contributed by atoms with van der Waals surface area (Å²) in [6.07, 6.45) is 3.54. The van der Waals surface area contributed by atoms with E-state index in [1.54, 1.807) is 5.20 Å². The summed E-state index contributed by atoms with van der Waals surface area (Å²) >= 11 is 0. The van der Waals surface area contributed by atoms with Crippen LogP contribution >= 0.6 is 0 Å². The van der Waals surface area contributed by atoms with Crippen LogP contribution in [0.4, 0.5) is 0 Å². The molecule has 26 heavy (non-hydrogen) atoms. The third kappa shape index (κ3) is 3.23. The molecule has 0 bridgehead atoms. The van der Waals surface area contributed by atoms with E-state index in [1.807, 2.05) is 0 Å². The van der Waals surface area contributed by atoms with Crippen molar-refractivity contribution in [2.24, 2.45) is 0 Å². The Morgan fingerprint density at radius 2 is 1.19 bits per heavy atom. The van der Waals surface area contributed by atoms with Crippen molar-refractivity contribution in [1.29, 1.82) is 0 Å². The zero-order chi connectivity index (χ0) is 17.9. The summed E-state index contributed by atoms with van der Waals surface area (Å²) in [6.45, 7) is 4.47. The second-order valence-corrected chi connectivity index (χ2v) is 9.91. The molecule has 0 nitrogen and oxygen atoms in total. The lowest BCUT2D eigenvalue weighted by Gasteiger charge is -2.20. The highest BCUT2D eigenvalue weighted by atomic mass is 28.3. The van der Waals surface area contributed by atoms with Crippen LogP contribution < -0.4 is 10.4 Å². The predicted octanol–water partition coefficient (Wildman–Crippen LogP) is 4.68. The molecule has 3 aromatic rings. The molecule has 0 aliphatic heterocycles. The van der Waals surface area contributed by atoms with Crippen molar-refractivity contribution in [1.82, 2.24) is 0 Å². The molecule has 128 valence electrons. The quantitative estimate of drug-likeness (QED) is 0.598. The van der Waals surface area contributed by atoms with Gasteiger partial charge in [0.1, 0.15) is 8.80 Å². The first-order valence-corrected chi connectivity index (χ1v) is 11.0. The van der Waals surface area contributed by atoms with Crippen molar-refractivity contribution >= 4 is 24.7 Å². The van der Waals surface area contributed by atoms with Crippen LogP contribution in [0.15, 0.2) is 102 Å². The number of hydrogen-bond acceptors (Lipinski definition) is 0. The Kier molecular flexibility index (Phi) is 4.72. The normalized spacial score (nSPS) is 14.0. The average Bonchev–Trinajstić information content (AvgIpc) is 3.06. The minimum Gasteiger partial charge on any atom is -0.0801 e. The topological polar surface area (TPSA) is 0 Å². The minimum absolute atomic E-state index is 1.05. The fourth-order valence-corrected chi connectivity index (χ4v) is 7.24. The molecule has 0 saturated heterocycles. The summed E-state index contributed by atoms with van der Waals surface area (Å²) in [5, 5.41) is 4.57. The van der Waals surface area contributed by atoms with Gasteiger partial charge in [-0.15, -0.1) is 0 Å². The van der Waals surface area contributed by atoms with Gasteiger partial charge < -0.3 is 0 Å². The van der Waals surface area contributed by atoms with E-state index in [1.165, 1.54) is 32.6 Å². The van der Waals surface area contributed by atoms with E-state index in [0.717, 1.165) is 6.42 Å². The zero-order valence-electron chi connectivity index (χ0n) is 15.4. The SMILES string of the molecule is CC1=C(c2ccc(C)cc2)CC=C1[SiH](c1ccccc1)c1ccccc1. The van der Waals surface area contributed by atoms with Crippen LogP contribution in [0.2, 0.25) is 0 Å². The molecule has 0 N–H and O–H groups in total. The van der Waals surface area contributed by atoms with Gasteiger partial charge in [0.2, 0.25) is 0 Å². The van der Waals surface area contributed by atoms with Gasteiger partial charge in [-0.25, -0.2) is 0 Å². The Morgan fingerprint density at radius 3 is 1.73 bits per heavy atom. The first-order chi connectivity index (χ1) is 12.7. The van der Waals surface area contributed by atoms with E-state index < -0.39 is 8.80 Å². The molecule has 1 aliphatic carbocycles. The van der Waals surface area contributed by atoms with Crippen LogP contribution in [0, 0.1) is 6.92 Å². The minimum atomic E-state index is -1.43. The van der Waals surface area contributed by atoms with Crippen LogP contribution in [-0.2, 0) is 0 Å². The summed E-state index contributed by atoms with van der Waals surface area (Å²) in [6, 6.07) is 31.1. The van der Waals surface area contributed by atoms with Crippen LogP contribution in [0.5, 0.6) is 0 Å². The summed E-state index contributed by atoms with van der Waals surface area (Å²) in [5.74, 6) is 0. The highest BCUT2D eigenvalue weighted by molar-refractivity contribution is 6.91. The fourth-order valence-electron chi connectivity index (χ4n) is 3.96. The molecular weight excluding hydrogens is 328 g/mol. The van der Waals surface area contributed by atoms with Gasteiger partial charge in [0, 0.05) is 0 Å². The predicted molar refractivity (Wildman–Crippen MR) is 116 cm³/mol. The molecule has 4 rings (SSSR count). The van der Waals surface area contributed by atoms with Crippen LogP contribution in [0.1, 0.15) is 24.5 Å². The lowest BCUT2D eigenvalue weighted by atomic mass is 10.0. The molecule has 1 heteroatoms. The van der Waals surface area contributed by atoms with Crippen molar-refractivity contribution < 1.29 is 0 Å². The van der Waals surface area contributed by atoms with Gasteiger partial charge in [-0.3, -0.25) is 0 Å². The maximum absolute atomic E-state index is 2.49. The highest BCUT2D eigenvalue weighted by Gasteiger charge is 2.26. The maximum Gasteiger partial charge on any atom is 0.132 e. The van der Waals surface area contributed by atoms with E-state index in [9.17, 15) is 0 Å². The van der Waals surface area contributed by atoms with Gasteiger partial charge in [-0.05, 0) is 37.0 Å². The van der Waals surface area contributed by atoms with Gasteiger partial charge in [0.05, 0.1) is 0 Å². The number of allylic oxidation sites excluding steroid dienone is 4. The fraction of sp³-hybridized carbons (Fsp3) is 0.120. The maximum atomic E-state index is 2.49. The lowest BCUT2D eigenvalue weighted by Crippen LogP contribution is -2.44. The molecule has 0 aromatic heterocycles. The summed E-state index contributed by atoms with van der Waals surface area (Å²) in [4.78, 5) is 0. The van der Waals surface area contributed by atoms with Crippen molar-refractivity contribution in [3.63, 3.8) is 0 Å². The summed E-state index contributed by atoms with van der Waals surface area (Å²) < 4.78 is 0. The van der Waals surface area contributed by atoms with Gasteiger partial charge in [-0.2, -0.15) is 0 Å². The summed E-state index contributed by atoms with van der Waals surface area (Å²) in [5.41, 5.74) is 5.66. The van der Waals surface area contributed by atoms with E-state index in [0.29, 0.717) is 0 Å². The van der Waals surface area contributed by atoms with Crippen LogP contribution in [0.25, 0.3) is 5.57 Å².